The highest BCUT2D eigenvalue weighted by Crippen LogP contribution is 2.28. The molecule has 4 heteroatoms. The zero-order valence-corrected chi connectivity index (χ0v) is 10.7. The van der Waals surface area contributed by atoms with Gasteiger partial charge in [0.1, 0.15) is 5.75 Å². The Labute approximate surface area is 107 Å². The van der Waals surface area contributed by atoms with Gasteiger partial charge in [0.05, 0.1) is 12.2 Å². The molecule has 0 spiro atoms. The molecule has 0 aromatic heterocycles. The smallest absolute Gasteiger partial charge is 0.173 e. The molecule has 0 radical (unpaired) electrons. The van der Waals surface area contributed by atoms with E-state index < -0.39 is 0 Å². The van der Waals surface area contributed by atoms with Gasteiger partial charge in [-0.05, 0) is 37.3 Å². The van der Waals surface area contributed by atoms with Crippen LogP contribution in [0, 0.1) is 12.8 Å². The van der Waals surface area contributed by atoms with Crippen LogP contribution < -0.4 is 10.5 Å². The number of nitrogens with zero attached hydrogens (tertiary/aromatic N) is 1. The molecule has 4 nitrogen and oxygen atoms in total. The Hall–Kier alpha value is -1.71. The molecule has 1 aliphatic carbocycles. The lowest BCUT2D eigenvalue weighted by atomic mass is 10.1. The first-order valence-corrected chi connectivity index (χ1v) is 6.42. The molecule has 0 bridgehead atoms. The number of hydrogen-bond acceptors (Lipinski definition) is 3. The second-order valence-electron chi connectivity index (χ2n) is 4.90. The molecule has 1 fully saturated rings. The fourth-order valence-electron chi connectivity index (χ4n) is 2.48. The molecule has 0 saturated heterocycles. The van der Waals surface area contributed by atoms with Gasteiger partial charge in [0.25, 0.3) is 0 Å². The molecule has 98 valence electrons. The van der Waals surface area contributed by atoms with Crippen molar-refractivity contribution in [1.29, 1.82) is 0 Å². The van der Waals surface area contributed by atoms with Gasteiger partial charge >= 0.3 is 0 Å². The average molecular weight is 248 g/mol. The zero-order valence-electron chi connectivity index (χ0n) is 10.7. The van der Waals surface area contributed by atoms with Crippen LogP contribution in [0.2, 0.25) is 0 Å². The Morgan fingerprint density at radius 2 is 2.17 bits per heavy atom. The van der Waals surface area contributed by atoms with E-state index in [-0.39, 0.29) is 5.84 Å². The van der Waals surface area contributed by atoms with Gasteiger partial charge in [-0.2, -0.15) is 0 Å². The summed E-state index contributed by atoms with van der Waals surface area (Å²) in [5, 5.41) is 11.8. The summed E-state index contributed by atoms with van der Waals surface area (Å²) in [5.41, 5.74) is 7.34. The van der Waals surface area contributed by atoms with Gasteiger partial charge in [0.2, 0.25) is 0 Å². The maximum absolute atomic E-state index is 8.79. The first-order valence-electron chi connectivity index (χ1n) is 6.42. The Morgan fingerprint density at radius 3 is 2.83 bits per heavy atom. The Morgan fingerprint density at radius 1 is 1.44 bits per heavy atom. The highest BCUT2D eigenvalue weighted by Gasteiger charge is 2.17. The highest BCUT2D eigenvalue weighted by atomic mass is 16.5. The maximum Gasteiger partial charge on any atom is 0.173 e. The van der Waals surface area contributed by atoms with Crippen LogP contribution in [0.3, 0.4) is 0 Å². The van der Waals surface area contributed by atoms with Gasteiger partial charge in [-0.25, -0.2) is 0 Å². The third-order valence-electron chi connectivity index (χ3n) is 3.53. The SMILES string of the molecule is Cc1cccc(/C(N)=N/O)c1OCC1CCCC1. The van der Waals surface area contributed by atoms with Crippen LogP contribution in [0.5, 0.6) is 5.75 Å². The Bertz CT molecular complexity index is 437. The summed E-state index contributed by atoms with van der Waals surface area (Å²) in [6.07, 6.45) is 5.08. The summed E-state index contributed by atoms with van der Waals surface area (Å²) in [6, 6.07) is 5.66. The third-order valence-corrected chi connectivity index (χ3v) is 3.53. The molecule has 0 heterocycles. The molecule has 0 aliphatic heterocycles. The third kappa shape index (κ3) is 2.75. The molecule has 3 N–H and O–H groups in total. The summed E-state index contributed by atoms with van der Waals surface area (Å²) in [5.74, 6) is 1.48. The van der Waals surface area contributed by atoms with E-state index in [1.165, 1.54) is 25.7 Å². The second kappa shape index (κ2) is 5.76. The van der Waals surface area contributed by atoms with E-state index in [0.717, 1.165) is 17.9 Å². The number of para-hydroxylation sites is 1. The Balaban J connectivity index is 2.14. The average Bonchev–Trinajstić information content (AvgIpc) is 2.89. The first kappa shape index (κ1) is 12.7. The van der Waals surface area contributed by atoms with Gasteiger partial charge in [0, 0.05) is 0 Å². The quantitative estimate of drug-likeness (QED) is 0.372. The number of nitrogens with two attached hydrogens (primary N) is 1. The van der Waals surface area contributed by atoms with E-state index in [9.17, 15) is 0 Å². The molecular weight excluding hydrogens is 228 g/mol. The molecule has 0 unspecified atom stereocenters. The predicted molar refractivity (Wildman–Crippen MR) is 71.1 cm³/mol. The van der Waals surface area contributed by atoms with E-state index >= 15 is 0 Å². The number of aryl methyl sites for hydroxylation is 1. The highest BCUT2D eigenvalue weighted by molar-refractivity contribution is 5.99. The fourth-order valence-corrected chi connectivity index (χ4v) is 2.48. The first-order chi connectivity index (χ1) is 8.72. The van der Waals surface area contributed by atoms with Crippen LogP contribution in [-0.2, 0) is 0 Å². The Kier molecular flexibility index (Phi) is 4.07. The maximum atomic E-state index is 8.79. The van der Waals surface area contributed by atoms with Crippen LogP contribution in [0.25, 0.3) is 0 Å². The molecule has 1 saturated carbocycles. The van der Waals surface area contributed by atoms with Crippen molar-refractivity contribution < 1.29 is 9.94 Å². The van der Waals surface area contributed by atoms with Gasteiger partial charge in [-0.15, -0.1) is 0 Å². The number of ether oxygens (including phenoxy) is 1. The van der Waals surface area contributed by atoms with Crippen LogP contribution in [0.15, 0.2) is 23.4 Å². The fraction of sp³-hybridized carbons (Fsp3) is 0.500. The van der Waals surface area contributed by atoms with Crippen molar-refractivity contribution in [3.05, 3.63) is 29.3 Å². The largest absolute Gasteiger partial charge is 0.492 e. The van der Waals surface area contributed by atoms with Crippen molar-refractivity contribution in [1.82, 2.24) is 0 Å². The lowest BCUT2D eigenvalue weighted by Crippen LogP contribution is -2.17. The van der Waals surface area contributed by atoms with E-state index in [1.807, 2.05) is 25.1 Å². The lowest BCUT2D eigenvalue weighted by Gasteiger charge is -2.16. The molecule has 2 rings (SSSR count). The summed E-state index contributed by atoms with van der Waals surface area (Å²) in [4.78, 5) is 0. The van der Waals surface area contributed by atoms with Gasteiger partial charge in [-0.1, -0.05) is 30.1 Å². The number of rotatable bonds is 4. The van der Waals surface area contributed by atoms with Gasteiger partial charge in [0.15, 0.2) is 5.84 Å². The summed E-state index contributed by atoms with van der Waals surface area (Å²) in [7, 11) is 0. The molecule has 1 aromatic rings. The lowest BCUT2D eigenvalue weighted by molar-refractivity contribution is 0.250. The van der Waals surface area contributed by atoms with E-state index in [4.69, 9.17) is 15.7 Å². The van der Waals surface area contributed by atoms with Crippen molar-refractivity contribution in [3.63, 3.8) is 0 Å². The van der Waals surface area contributed by atoms with Crippen molar-refractivity contribution in [2.24, 2.45) is 16.8 Å². The number of benzene rings is 1. The van der Waals surface area contributed by atoms with Crippen LogP contribution >= 0.6 is 0 Å². The van der Waals surface area contributed by atoms with Gasteiger partial charge < -0.3 is 15.7 Å². The van der Waals surface area contributed by atoms with E-state index in [0.29, 0.717) is 11.5 Å². The van der Waals surface area contributed by atoms with Gasteiger partial charge in [-0.3, -0.25) is 0 Å². The second-order valence-corrected chi connectivity index (χ2v) is 4.90. The zero-order chi connectivity index (χ0) is 13.0. The normalized spacial score (nSPS) is 17.1. The predicted octanol–water partition coefficient (Wildman–Crippen LogP) is 2.66. The number of amidine groups is 1. The van der Waals surface area contributed by atoms with Crippen LogP contribution in [0.1, 0.15) is 36.8 Å². The van der Waals surface area contributed by atoms with E-state index in [2.05, 4.69) is 5.16 Å². The van der Waals surface area contributed by atoms with Crippen molar-refractivity contribution in [3.8, 4) is 5.75 Å². The van der Waals surface area contributed by atoms with Crippen LogP contribution in [0.4, 0.5) is 0 Å². The van der Waals surface area contributed by atoms with E-state index in [1.54, 1.807) is 0 Å². The van der Waals surface area contributed by atoms with Crippen LogP contribution in [-0.4, -0.2) is 17.6 Å². The minimum atomic E-state index is 0.0973. The molecular formula is C14H20N2O2. The molecule has 0 amide bonds. The summed E-state index contributed by atoms with van der Waals surface area (Å²) < 4.78 is 5.90. The van der Waals surface area contributed by atoms with Crippen molar-refractivity contribution in [2.45, 2.75) is 32.6 Å². The topological polar surface area (TPSA) is 67.8 Å². The minimum Gasteiger partial charge on any atom is -0.492 e. The summed E-state index contributed by atoms with van der Waals surface area (Å²) in [6.45, 7) is 2.69. The standard InChI is InChI=1S/C14H20N2O2/c1-10-5-4-8-12(14(15)16-17)13(10)18-9-11-6-2-3-7-11/h4-5,8,11,17H,2-3,6-7,9H2,1H3,(H2,15,16). The van der Waals surface area contributed by atoms with Crippen molar-refractivity contribution >= 4 is 5.84 Å². The van der Waals surface area contributed by atoms with Crippen molar-refractivity contribution in [2.75, 3.05) is 6.61 Å². The minimum absolute atomic E-state index is 0.0973. The summed E-state index contributed by atoms with van der Waals surface area (Å²) >= 11 is 0. The number of oxime groups is 1. The number of hydrogen-bond donors (Lipinski definition) is 2. The monoisotopic (exact) mass is 248 g/mol. The molecule has 0 atom stereocenters. The molecule has 1 aliphatic rings. The molecule has 18 heavy (non-hydrogen) atoms. The molecule has 1 aromatic carbocycles.